The average molecular weight is 374 g/mol. The van der Waals surface area contributed by atoms with E-state index in [-0.39, 0.29) is 17.9 Å². The summed E-state index contributed by atoms with van der Waals surface area (Å²) in [4.78, 5) is 35.3. The molecule has 3 heterocycles. The molecule has 6 nitrogen and oxygen atoms in total. The minimum atomic E-state index is -0.319. The number of hydrazone groups is 1. The van der Waals surface area contributed by atoms with Gasteiger partial charge in [0, 0.05) is 9.75 Å². The predicted molar refractivity (Wildman–Crippen MR) is 103 cm³/mol. The molecule has 0 aliphatic rings. The Morgan fingerprint density at radius 3 is 2.72 bits per heavy atom. The molecule has 3 aromatic heterocycles. The lowest BCUT2D eigenvalue weighted by Crippen LogP contribution is -2.23. The molecule has 0 saturated heterocycles. The number of aryl methyl sites for hydroxylation is 3. The van der Waals surface area contributed by atoms with Gasteiger partial charge in [0.1, 0.15) is 10.7 Å². The van der Waals surface area contributed by atoms with Crippen molar-refractivity contribution in [3.63, 3.8) is 0 Å². The summed E-state index contributed by atoms with van der Waals surface area (Å²) in [6.45, 7) is 7.72. The second kappa shape index (κ2) is 6.89. The second-order valence-electron chi connectivity index (χ2n) is 5.80. The summed E-state index contributed by atoms with van der Waals surface area (Å²) >= 11 is 3.08. The molecule has 0 saturated carbocycles. The number of carbonyl (C=O) groups excluding carboxylic acids is 1. The number of fused-ring (bicyclic) bond motifs is 1. The first-order valence-corrected chi connectivity index (χ1v) is 9.37. The van der Waals surface area contributed by atoms with Gasteiger partial charge in [-0.2, -0.15) is 5.10 Å². The Morgan fingerprint density at radius 1 is 1.28 bits per heavy atom. The van der Waals surface area contributed by atoms with Gasteiger partial charge < -0.3 is 4.98 Å². The number of aromatic amines is 1. The lowest BCUT2D eigenvalue weighted by atomic mass is 10.2. The molecule has 0 aliphatic carbocycles. The summed E-state index contributed by atoms with van der Waals surface area (Å²) in [5.41, 5.74) is 4.00. The zero-order valence-electron chi connectivity index (χ0n) is 14.4. The van der Waals surface area contributed by atoms with Crippen molar-refractivity contribution in [1.29, 1.82) is 0 Å². The highest BCUT2D eigenvalue weighted by Gasteiger charge is 2.13. The number of amides is 1. The van der Waals surface area contributed by atoms with Gasteiger partial charge in [-0.15, -0.1) is 22.7 Å². The molecule has 0 fully saturated rings. The fraction of sp³-hybridized carbons (Fsp3) is 0.294. The third-order valence-corrected chi connectivity index (χ3v) is 6.07. The van der Waals surface area contributed by atoms with Crippen LogP contribution >= 0.6 is 22.7 Å². The number of hydrogen-bond acceptors (Lipinski definition) is 6. The van der Waals surface area contributed by atoms with Crippen molar-refractivity contribution in [3.8, 4) is 0 Å². The summed E-state index contributed by atoms with van der Waals surface area (Å²) in [5.74, 6) is 0.0243. The van der Waals surface area contributed by atoms with Crippen molar-refractivity contribution in [2.24, 2.45) is 5.10 Å². The first-order chi connectivity index (χ1) is 11.8. The molecule has 0 aromatic carbocycles. The molecule has 2 N–H and O–H groups in total. The number of rotatable bonds is 4. The fourth-order valence-corrected chi connectivity index (χ4v) is 4.27. The quantitative estimate of drug-likeness (QED) is 0.543. The summed E-state index contributed by atoms with van der Waals surface area (Å²) in [6.07, 6.45) is -0.0264. The van der Waals surface area contributed by atoms with E-state index in [4.69, 9.17) is 0 Å². The smallest absolute Gasteiger partial charge is 0.259 e. The number of aromatic nitrogens is 2. The maximum absolute atomic E-state index is 12.2. The van der Waals surface area contributed by atoms with Crippen LogP contribution in [0, 0.1) is 20.8 Å². The van der Waals surface area contributed by atoms with Gasteiger partial charge >= 0.3 is 0 Å². The van der Waals surface area contributed by atoms with E-state index in [2.05, 4.69) is 20.5 Å². The molecule has 0 aliphatic heterocycles. The van der Waals surface area contributed by atoms with Crippen LogP contribution in [0.25, 0.3) is 10.2 Å². The maximum Gasteiger partial charge on any atom is 0.259 e. The van der Waals surface area contributed by atoms with Crippen molar-refractivity contribution in [3.05, 3.63) is 48.5 Å². The van der Waals surface area contributed by atoms with E-state index >= 15 is 0 Å². The molecule has 3 aromatic rings. The molecule has 1 amide bonds. The number of carbonyl (C=O) groups is 1. The predicted octanol–water partition coefficient (Wildman–Crippen LogP) is 3.05. The first kappa shape index (κ1) is 17.5. The van der Waals surface area contributed by atoms with Gasteiger partial charge in [-0.1, -0.05) is 0 Å². The van der Waals surface area contributed by atoms with Crippen LogP contribution in [0.15, 0.2) is 22.0 Å². The Kier molecular flexibility index (Phi) is 4.82. The van der Waals surface area contributed by atoms with Crippen LogP contribution < -0.4 is 11.0 Å². The van der Waals surface area contributed by atoms with E-state index < -0.39 is 0 Å². The van der Waals surface area contributed by atoms with Gasteiger partial charge in [-0.05, 0) is 45.4 Å². The summed E-state index contributed by atoms with van der Waals surface area (Å²) in [7, 11) is 0. The van der Waals surface area contributed by atoms with Gasteiger partial charge in [0.25, 0.3) is 5.56 Å². The molecule has 8 heteroatoms. The van der Waals surface area contributed by atoms with Crippen LogP contribution in [-0.2, 0) is 11.2 Å². The van der Waals surface area contributed by atoms with E-state index in [1.807, 2.05) is 39.8 Å². The average Bonchev–Trinajstić information content (AvgIpc) is 3.09. The standard InChI is InChI=1S/C17H18N4O2S2/c1-8-5-6-12(24-8)10(3)20-21-14(22)7-13-18-16(23)15-9(2)11(4)25-17(15)19-13/h5-6H,7H2,1-4H3,(H,21,22)(H,18,19,23)/b20-10-. The molecule has 0 atom stereocenters. The Labute approximate surface area is 152 Å². The van der Waals surface area contributed by atoms with Gasteiger partial charge in [0.2, 0.25) is 5.91 Å². The van der Waals surface area contributed by atoms with E-state index in [9.17, 15) is 9.59 Å². The highest BCUT2D eigenvalue weighted by Crippen LogP contribution is 2.25. The Hall–Kier alpha value is -2.32. The van der Waals surface area contributed by atoms with Crippen molar-refractivity contribution in [1.82, 2.24) is 15.4 Å². The van der Waals surface area contributed by atoms with Crippen molar-refractivity contribution < 1.29 is 4.79 Å². The third kappa shape index (κ3) is 3.69. The number of hydrogen-bond donors (Lipinski definition) is 2. The topological polar surface area (TPSA) is 87.2 Å². The number of nitrogens with zero attached hydrogens (tertiary/aromatic N) is 2. The monoisotopic (exact) mass is 374 g/mol. The lowest BCUT2D eigenvalue weighted by Gasteiger charge is -2.02. The number of H-pyrrole nitrogens is 1. The van der Waals surface area contributed by atoms with Crippen LogP contribution in [0.3, 0.4) is 0 Å². The molecule has 0 radical (unpaired) electrons. The van der Waals surface area contributed by atoms with Gasteiger partial charge in [0.05, 0.1) is 22.4 Å². The molecule has 0 unspecified atom stereocenters. The zero-order chi connectivity index (χ0) is 18.1. The summed E-state index contributed by atoms with van der Waals surface area (Å²) in [6, 6.07) is 3.98. The molecule has 130 valence electrons. The van der Waals surface area contributed by atoms with Crippen molar-refractivity contribution >= 4 is 44.5 Å². The normalized spacial score (nSPS) is 11.9. The Bertz CT molecular complexity index is 1040. The van der Waals surface area contributed by atoms with Gasteiger partial charge in [-0.25, -0.2) is 10.4 Å². The largest absolute Gasteiger partial charge is 0.309 e. The molecular weight excluding hydrogens is 356 g/mol. The van der Waals surface area contributed by atoms with Crippen molar-refractivity contribution in [2.75, 3.05) is 0 Å². The van der Waals surface area contributed by atoms with Crippen LogP contribution in [0.4, 0.5) is 0 Å². The SMILES string of the molecule is C/C(=N/NC(=O)Cc1nc2sc(C)c(C)c2c(=O)[nH]1)c1ccc(C)s1. The second-order valence-corrected chi connectivity index (χ2v) is 8.29. The van der Waals surface area contributed by atoms with E-state index in [0.29, 0.717) is 16.0 Å². The Morgan fingerprint density at radius 2 is 2.04 bits per heavy atom. The number of nitrogens with one attached hydrogen (secondary N) is 2. The van der Waals surface area contributed by atoms with Crippen LogP contribution in [0.5, 0.6) is 0 Å². The fourth-order valence-electron chi connectivity index (χ4n) is 2.40. The Balaban J connectivity index is 1.75. The van der Waals surface area contributed by atoms with Crippen molar-refractivity contribution in [2.45, 2.75) is 34.1 Å². The summed E-state index contributed by atoms with van der Waals surface area (Å²) < 4.78 is 0. The molecule has 0 bridgehead atoms. The van der Waals surface area contributed by atoms with Crippen LogP contribution in [-0.4, -0.2) is 21.6 Å². The molecule has 25 heavy (non-hydrogen) atoms. The van der Waals surface area contributed by atoms with E-state index in [0.717, 1.165) is 21.0 Å². The summed E-state index contributed by atoms with van der Waals surface area (Å²) in [5, 5.41) is 4.72. The molecular formula is C17H18N4O2S2. The first-order valence-electron chi connectivity index (χ1n) is 7.74. The minimum Gasteiger partial charge on any atom is -0.309 e. The minimum absolute atomic E-state index is 0.0264. The third-order valence-electron chi connectivity index (χ3n) is 3.86. The van der Waals surface area contributed by atoms with Crippen LogP contribution in [0.2, 0.25) is 0 Å². The number of thiophene rings is 2. The van der Waals surface area contributed by atoms with Crippen LogP contribution in [0.1, 0.15) is 32.9 Å². The highest BCUT2D eigenvalue weighted by atomic mass is 32.1. The zero-order valence-corrected chi connectivity index (χ0v) is 16.0. The molecule has 0 spiro atoms. The van der Waals surface area contributed by atoms with E-state index in [1.165, 1.54) is 16.2 Å². The maximum atomic E-state index is 12.2. The lowest BCUT2D eigenvalue weighted by molar-refractivity contribution is -0.120. The van der Waals surface area contributed by atoms with Gasteiger partial charge in [0.15, 0.2) is 0 Å². The molecule has 3 rings (SSSR count). The van der Waals surface area contributed by atoms with Gasteiger partial charge in [-0.3, -0.25) is 9.59 Å². The highest BCUT2D eigenvalue weighted by molar-refractivity contribution is 7.18. The van der Waals surface area contributed by atoms with E-state index in [1.54, 1.807) is 11.3 Å².